The maximum atomic E-state index is 9.36. The number of hydrogen-bond acceptors (Lipinski definition) is 3. The van der Waals surface area contributed by atoms with Crippen LogP contribution in [0.2, 0.25) is 0 Å². The van der Waals surface area contributed by atoms with Gasteiger partial charge in [0.25, 0.3) is 0 Å². The molecule has 0 saturated heterocycles. The number of unbranched alkanes of at least 4 members (excludes halogenated alkanes) is 1. The first kappa shape index (κ1) is 9.86. The Bertz CT molecular complexity index is 250. The van der Waals surface area contributed by atoms with E-state index in [2.05, 4.69) is 17.8 Å². The highest BCUT2D eigenvalue weighted by Crippen LogP contribution is 2.20. The minimum Gasteiger partial charge on any atom is -0.506 e. The molecule has 0 aliphatic carbocycles. The fourth-order valence-electron chi connectivity index (χ4n) is 1.00. The molecule has 0 saturated carbocycles. The van der Waals surface area contributed by atoms with Crippen molar-refractivity contribution >= 4 is 5.69 Å². The lowest BCUT2D eigenvalue weighted by Gasteiger charge is -2.08. The van der Waals surface area contributed by atoms with E-state index in [0.717, 1.165) is 25.1 Å². The predicted octanol–water partition coefficient (Wildman–Crippen LogP) is 2.11. The molecular weight excluding hydrogens is 164 g/mol. The van der Waals surface area contributed by atoms with E-state index < -0.39 is 0 Å². The molecule has 0 unspecified atom stereocenters. The fraction of sp³-hybridized carbons (Fsp3) is 0.400. The highest BCUT2D eigenvalue weighted by atomic mass is 16.3. The Labute approximate surface area is 78.8 Å². The van der Waals surface area contributed by atoms with E-state index in [1.165, 1.54) is 0 Å². The molecule has 3 heteroatoms. The van der Waals surface area contributed by atoms with Crippen LogP contribution in [0.25, 0.3) is 0 Å². The minimum atomic E-state index is 0.270. The first-order valence-corrected chi connectivity index (χ1v) is 4.61. The molecule has 1 aromatic rings. The average molecular weight is 180 g/mol. The van der Waals surface area contributed by atoms with Crippen LogP contribution in [0.15, 0.2) is 24.3 Å². The first-order chi connectivity index (χ1) is 6.34. The van der Waals surface area contributed by atoms with E-state index >= 15 is 0 Å². The number of rotatable bonds is 5. The van der Waals surface area contributed by atoms with Crippen molar-refractivity contribution in [1.82, 2.24) is 5.43 Å². The molecule has 0 fully saturated rings. The summed E-state index contributed by atoms with van der Waals surface area (Å²) in [7, 11) is 0. The third-order valence-corrected chi connectivity index (χ3v) is 1.78. The molecule has 3 nitrogen and oxygen atoms in total. The average Bonchev–Trinajstić information content (AvgIpc) is 2.15. The van der Waals surface area contributed by atoms with Crippen LogP contribution in [0, 0.1) is 0 Å². The topological polar surface area (TPSA) is 44.3 Å². The summed E-state index contributed by atoms with van der Waals surface area (Å²) in [5.74, 6) is 0.270. The number of hydrazine groups is 1. The molecule has 0 radical (unpaired) electrons. The minimum absolute atomic E-state index is 0.270. The third-order valence-electron chi connectivity index (χ3n) is 1.78. The summed E-state index contributed by atoms with van der Waals surface area (Å²) < 4.78 is 0. The zero-order valence-electron chi connectivity index (χ0n) is 7.88. The smallest absolute Gasteiger partial charge is 0.139 e. The fourth-order valence-corrected chi connectivity index (χ4v) is 1.00. The summed E-state index contributed by atoms with van der Waals surface area (Å²) in [4.78, 5) is 0. The van der Waals surface area contributed by atoms with Crippen molar-refractivity contribution in [1.29, 1.82) is 0 Å². The first-order valence-electron chi connectivity index (χ1n) is 4.61. The van der Waals surface area contributed by atoms with Crippen LogP contribution in [-0.4, -0.2) is 11.7 Å². The van der Waals surface area contributed by atoms with Crippen LogP contribution in [0.3, 0.4) is 0 Å². The van der Waals surface area contributed by atoms with Crippen molar-refractivity contribution in [2.24, 2.45) is 0 Å². The lowest BCUT2D eigenvalue weighted by Crippen LogP contribution is -2.22. The summed E-state index contributed by atoms with van der Waals surface area (Å²) in [6, 6.07) is 7.16. The van der Waals surface area contributed by atoms with E-state index in [-0.39, 0.29) is 5.75 Å². The van der Waals surface area contributed by atoms with Gasteiger partial charge >= 0.3 is 0 Å². The summed E-state index contributed by atoms with van der Waals surface area (Å²) in [5.41, 5.74) is 6.70. The van der Waals surface area contributed by atoms with Crippen LogP contribution in [-0.2, 0) is 0 Å². The van der Waals surface area contributed by atoms with Crippen molar-refractivity contribution in [2.45, 2.75) is 19.8 Å². The summed E-state index contributed by atoms with van der Waals surface area (Å²) in [5, 5.41) is 9.36. The second-order valence-corrected chi connectivity index (χ2v) is 2.92. The highest BCUT2D eigenvalue weighted by molar-refractivity contribution is 5.54. The number of nitrogens with one attached hydrogen (secondary N) is 2. The molecule has 0 aliphatic heterocycles. The van der Waals surface area contributed by atoms with Crippen LogP contribution in [0.1, 0.15) is 19.8 Å². The van der Waals surface area contributed by atoms with Crippen LogP contribution in [0.4, 0.5) is 5.69 Å². The van der Waals surface area contributed by atoms with E-state index in [4.69, 9.17) is 0 Å². The SMILES string of the molecule is CCCCNNc1ccccc1O. The molecule has 1 rings (SSSR count). The van der Waals surface area contributed by atoms with Crippen molar-refractivity contribution in [2.75, 3.05) is 12.0 Å². The lowest BCUT2D eigenvalue weighted by molar-refractivity contribution is 0.476. The number of hydrogen-bond donors (Lipinski definition) is 3. The van der Waals surface area contributed by atoms with Crippen molar-refractivity contribution < 1.29 is 5.11 Å². The summed E-state index contributed by atoms with van der Waals surface area (Å²) in [6.45, 7) is 3.05. The highest BCUT2D eigenvalue weighted by Gasteiger charge is 1.95. The molecular formula is C10H16N2O. The van der Waals surface area contributed by atoms with Crippen LogP contribution >= 0.6 is 0 Å². The maximum absolute atomic E-state index is 9.36. The molecule has 0 atom stereocenters. The molecule has 0 aliphatic rings. The van der Waals surface area contributed by atoms with E-state index in [9.17, 15) is 5.11 Å². The largest absolute Gasteiger partial charge is 0.506 e. The van der Waals surface area contributed by atoms with E-state index in [1.54, 1.807) is 12.1 Å². The van der Waals surface area contributed by atoms with Gasteiger partial charge in [-0.2, -0.15) is 0 Å². The van der Waals surface area contributed by atoms with Gasteiger partial charge < -0.3 is 10.5 Å². The predicted molar refractivity (Wildman–Crippen MR) is 54.6 cm³/mol. The van der Waals surface area contributed by atoms with Gasteiger partial charge in [0.05, 0.1) is 5.69 Å². The number of benzene rings is 1. The van der Waals surface area contributed by atoms with Gasteiger partial charge in [-0.25, -0.2) is 5.43 Å². The Hall–Kier alpha value is -1.22. The number of phenols is 1. The third kappa shape index (κ3) is 3.34. The van der Waals surface area contributed by atoms with Gasteiger partial charge in [-0.15, -0.1) is 0 Å². The molecule has 13 heavy (non-hydrogen) atoms. The number of para-hydroxylation sites is 2. The maximum Gasteiger partial charge on any atom is 0.139 e. The lowest BCUT2D eigenvalue weighted by atomic mass is 10.3. The molecule has 0 aromatic heterocycles. The van der Waals surface area contributed by atoms with Gasteiger partial charge in [-0.3, -0.25) is 0 Å². The quantitative estimate of drug-likeness (QED) is 0.369. The van der Waals surface area contributed by atoms with E-state index in [0.29, 0.717) is 0 Å². The number of aromatic hydroxyl groups is 1. The monoisotopic (exact) mass is 180 g/mol. The van der Waals surface area contributed by atoms with Gasteiger partial charge in [0.2, 0.25) is 0 Å². The van der Waals surface area contributed by atoms with Gasteiger partial charge in [0.15, 0.2) is 0 Å². The molecule has 1 aromatic carbocycles. The Kier molecular flexibility index (Phi) is 4.12. The Morgan fingerprint density at radius 3 is 2.77 bits per heavy atom. The Morgan fingerprint density at radius 1 is 1.31 bits per heavy atom. The molecule has 0 spiro atoms. The summed E-state index contributed by atoms with van der Waals surface area (Å²) >= 11 is 0. The molecule has 0 bridgehead atoms. The van der Waals surface area contributed by atoms with Crippen molar-refractivity contribution in [3.05, 3.63) is 24.3 Å². The zero-order valence-corrected chi connectivity index (χ0v) is 7.88. The van der Waals surface area contributed by atoms with Gasteiger partial charge in [0.1, 0.15) is 5.75 Å². The second-order valence-electron chi connectivity index (χ2n) is 2.92. The molecule has 72 valence electrons. The second kappa shape index (κ2) is 5.43. The van der Waals surface area contributed by atoms with Crippen molar-refractivity contribution in [3.8, 4) is 5.75 Å². The van der Waals surface area contributed by atoms with Crippen LogP contribution < -0.4 is 10.9 Å². The zero-order chi connectivity index (χ0) is 9.52. The normalized spacial score (nSPS) is 9.92. The summed E-state index contributed by atoms with van der Waals surface area (Å²) in [6.07, 6.45) is 2.29. The molecule has 0 amide bonds. The van der Waals surface area contributed by atoms with Gasteiger partial charge in [-0.1, -0.05) is 25.5 Å². The molecule has 0 heterocycles. The van der Waals surface area contributed by atoms with Gasteiger partial charge in [0, 0.05) is 6.54 Å². The van der Waals surface area contributed by atoms with Crippen molar-refractivity contribution in [3.63, 3.8) is 0 Å². The Morgan fingerprint density at radius 2 is 2.08 bits per heavy atom. The standard InChI is InChI=1S/C10H16N2O/c1-2-3-8-11-12-9-6-4-5-7-10(9)13/h4-7,11-13H,2-3,8H2,1H3. The Balaban J connectivity index is 2.32. The van der Waals surface area contributed by atoms with E-state index in [1.807, 2.05) is 12.1 Å². The number of anilines is 1. The van der Waals surface area contributed by atoms with Gasteiger partial charge in [-0.05, 0) is 18.6 Å². The van der Waals surface area contributed by atoms with Crippen LogP contribution in [0.5, 0.6) is 5.75 Å². The number of phenolic OH excluding ortho intramolecular Hbond substituents is 1. The molecule has 3 N–H and O–H groups in total.